The fourth-order valence-corrected chi connectivity index (χ4v) is 4.32. The molecule has 1 aromatic heterocycles. The molecule has 1 unspecified atom stereocenters. The van der Waals surface area contributed by atoms with Gasteiger partial charge in [-0.3, -0.25) is 19.6 Å². The third-order valence-corrected chi connectivity index (χ3v) is 5.75. The number of fused-ring (bicyclic) bond motifs is 1. The monoisotopic (exact) mass is 415 g/mol. The van der Waals surface area contributed by atoms with E-state index in [4.69, 9.17) is 4.74 Å². The number of anilines is 1. The summed E-state index contributed by atoms with van der Waals surface area (Å²) in [5.74, 6) is 0.542. The molecule has 0 saturated carbocycles. The van der Waals surface area contributed by atoms with E-state index in [0.717, 1.165) is 23.2 Å². The third-order valence-electron chi connectivity index (χ3n) is 5.75. The summed E-state index contributed by atoms with van der Waals surface area (Å²) in [4.78, 5) is 42.3. The fourth-order valence-electron chi connectivity index (χ4n) is 4.32. The van der Waals surface area contributed by atoms with Gasteiger partial charge in [0.2, 0.25) is 0 Å². The molecule has 2 aliphatic rings. The second kappa shape index (κ2) is 7.75. The van der Waals surface area contributed by atoms with Crippen LogP contribution in [-0.2, 0) is 11.4 Å². The first kappa shape index (κ1) is 19.1. The van der Waals surface area contributed by atoms with Crippen molar-refractivity contribution in [3.63, 3.8) is 0 Å². The van der Waals surface area contributed by atoms with E-state index in [0.29, 0.717) is 42.2 Å². The fraction of sp³-hybridized carbons (Fsp3) is 0.208. The van der Waals surface area contributed by atoms with Gasteiger partial charge in [0.25, 0.3) is 5.56 Å². The van der Waals surface area contributed by atoms with E-state index in [1.165, 1.54) is 0 Å². The van der Waals surface area contributed by atoms with Crippen molar-refractivity contribution in [2.24, 2.45) is 0 Å². The zero-order valence-electron chi connectivity index (χ0n) is 16.7. The summed E-state index contributed by atoms with van der Waals surface area (Å²) in [6.07, 6.45) is 1.89. The third kappa shape index (κ3) is 3.59. The first-order valence-electron chi connectivity index (χ1n) is 10.3. The van der Waals surface area contributed by atoms with Crippen LogP contribution in [0.3, 0.4) is 0 Å². The minimum atomic E-state index is -0.578. The van der Waals surface area contributed by atoms with Crippen LogP contribution in [0.5, 0.6) is 5.75 Å². The number of aromatic amines is 2. The van der Waals surface area contributed by atoms with Gasteiger partial charge in [0.1, 0.15) is 18.2 Å². The summed E-state index contributed by atoms with van der Waals surface area (Å²) in [7, 11) is 0. The number of hydrogen-bond donors (Lipinski definition) is 3. The van der Waals surface area contributed by atoms with Gasteiger partial charge in [0.05, 0.1) is 5.56 Å². The van der Waals surface area contributed by atoms with Gasteiger partial charge >= 0.3 is 5.69 Å². The smallest absolute Gasteiger partial charge is 0.327 e. The predicted octanol–water partition coefficient (Wildman–Crippen LogP) is 3.21. The summed E-state index contributed by atoms with van der Waals surface area (Å²) < 4.78 is 5.86. The Bertz CT molecular complexity index is 1290. The van der Waals surface area contributed by atoms with Crippen LogP contribution >= 0.6 is 0 Å². The molecule has 0 radical (unpaired) electrons. The maximum atomic E-state index is 12.8. The van der Waals surface area contributed by atoms with Crippen molar-refractivity contribution in [3.05, 3.63) is 103 Å². The van der Waals surface area contributed by atoms with E-state index in [1.54, 1.807) is 0 Å². The Labute approximate surface area is 177 Å². The first-order valence-corrected chi connectivity index (χ1v) is 10.3. The van der Waals surface area contributed by atoms with Gasteiger partial charge in [-0.1, -0.05) is 42.5 Å². The molecule has 156 valence electrons. The van der Waals surface area contributed by atoms with Gasteiger partial charge < -0.3 is 10.1 Å². The van der Waals surface area contributed by atoms with Crippen LogP contribution in [0.15, 0.2) is 75.5 Å². The Morgan fingerprint density at radius 3 is 2.45 bits per heavy atom. The zero-order chi connectivity index (χ0) is 21.4. The molecular weight excluding hydrogens is 394 g/mol. The van der Waals surface area contributed by atoms with Crippen LogP contribution in [0.25, 0.3) is 0 Å². The number of Topliss-reactive ketones (excluding diaryl/α,β-unsaturated/α-hetero) is 1. The Kier molecular flexibility index (Phi) is 4.78. The Balaban J connectivity index is 1.52. The van der Waals surface area contributed by atoms with Crippen molar-refractivity contribution in [2.45, 2.75) is 31.8 Å². The first-order chi connectivity index (χ1) is 15.1. The number of aromatic nitrogens is 2. The number of hydrogen-bond acceptors (Lipinski definition) is 5. The number of carbonyl (C=O) groups is 1. The molecule has 1 atom stereocenters. The van der Waals surface area contributed by atoms with Crippen LogP contribution < -0.4 is 21.3 Å². The molecule has 2 heterocycles. The van der Waals surface area contributed by atoms with E-state index in [-0.39, 0.29) is 5.78 Å². The summed E-state index contributed by atoms with van der Waals surface area (Å²) in [6.45, 7) is 0.449. The summed E-state index contributed by atoms with van der Waals surface area (Å²) >= 11 is 0. The van der Waals surface area contributed by atoms with Gasteiger partial charge in [0.15, 0.2) is 5.78 Å². The lowest BCUT2D eigenvalue weighted by Gasteiger charge is -2.32. The summed E-state index contributed by atoms with van der Waals surface area (Å²) in [5.41, 5.74) is 2.53. The molecule has 7 nitrogen and oxygen atoms in total. The van der Waals surface area contributed by atoms with E-state index >= 15 is 0 Å². The average Bonchev–Trinajstić information content (AvgIpc) is 2.77. The Morgan fingerprint density at radius 2 is 1.68 bits per heavy atom. The van der Waals surface area contributed by atoms with Gasteiger partial charge in [-0.2, -0.15) is 0 Å². The molecule has 31 heavy (non-hydrogen) atoms. The van der Waals surface area contributed by atoms with E-state index in [2.05, 4.69) is 15.3 Å². The lowest BCUT2D eigenvalue weighted by atomic mass is 9.76. The molecule has 3 aromatic rings. The summed E-state index contributed by atoms with van der Waals surface area (Å²) in [5, 5.41) is 3.12. The molecule has 2 aromatic carbocycles. The predicted molar refractivity (Wildman–Crippen MR) is 116 cm³/mol. The molecule has 1 aliphatic carbocycles. The number of benzene rings is 2. The van der Waals surface area contributed by atoms with Crippen LogP contribution in [0, 0.1) is 0 Å². The molecule has 5 rings (SSSR count). The molecule has 0 saturated heterocycles. The Hall–Kier alpha value is -3.87. The maximum absolute atomic E-state index is 12.8. The van der Waals surface area contributed by atoms with Crippen LogP contribution in [0.4, 0.5) is 5.82 Å². The molecule has 0 spiro atoms. The van der Waals surface area contributed by atoms with Crippen LogP contribution in [0.1, 0.15) is 41.9 Å². The molecular formula is C24H21N3O4. The number of carbonyl (C=O) groups excluding carboxylic acids is 1. The molecule has 3 N–H and O–H groups in total. The van der Waals surface area contributed by atoms with E-state index < -0.39 is 17.2 Å². The van der Waals surface area contributed by atoms with Gasteiger partial charge in [0, 0.05) is 23.6 Å². The number of rotatable bonds is 4. The van der Waals surface area contributed by atoms with Gasteiger partial charge in [-0.15, -0.1) is 0 Å². The molecule has 7 heteroatoms. The molecule has 0 bridgehead atoms. The van der Waals surface area contributed by atoms with Crippen molar-refractivity contribution in [1.82, 2.24) is 9.97 Å². The lowest BCUT2D eigenvalue weighted by molar-refractivity contribution is -0.116. The maximum Gasteiger partial charge on any atom is 0.327 e. The molecule has 0 amide bonds. The van der Waals surface area contributed by atoms with Gasteiger partial charge in [-0.25, -0.2) is 4.79 Å². The number of allylic oxidation sites excluding steroid dienone is 2. The minimum Gasteiger partial charge on any atom is -0.489 e. The standard InChI is InChI=1S/C24H21N3O4/c28-18-8-4-7-17-20(18)19(21-22(25-17)26-24(30)27-23(21)29)15-9-11-16(12-10-15)31-13-14-5-2-1-3-6-14/h1-3,5-6,9-12,19H,4,7-8,13H2,(H3,25,26,27,29,30). The highest BCUT2D eigenvalue weighted by molar-refractivity contribution is 6.00. The molecule has 0 fully saturated rings. The van der Waals surface area contributed by atoms with Crippen molar-refractivity contribution in [3.8, 4) is 5.75 Å². The zero-order valence-corrected chi connectivity index (χ0v) is 16.7. The second-order valence-electron chi connectivity index (χ2n) is 7.77. The van der Waals surface area contributed by atoms with Crippen LogP contribution in [0.2, 0.25) is 0 Å². The summed E-state index contributed by atoms with van der Waals surface area (Å²) in [6, 6.07) is 17.3. The average molecular weight is 415 g/mol. The van der Waals surface area contributed by atoms with Crippen molar-refractivity contribution < 1.29 is 9.53 Å². The normalized spacial score (nSPS) is 17.5. The number of ether oxygens (including phenoxy) is 1. The van der Waals surface area contributed by atoms with Crippen LogP contribution in [-0.4, -0.2) is 15.8 Å². The van der Waals surface area contributed by atoms with Crippen molar-refractivity contribution >= 4 is 11.6 Å². The highest BCUT2D eigenvalue weighted by Crippen LogP contribution is 2.43. The Morgan fingerprint density at radius 1 is 0.903 bits per heavy atom. The highest BCUT2D eigenvalue weighted by Gasteiger charge is 2.37. The minimum absolute atomic E-state index is 0.0272. The van der Waals surface area contributed by atoms with Crippen molar-refractivity contribution in [2.75, 3.05) is 5.32 Å². The lowest BCUT2D eigenvalue weighted by Crippen LogP contribution is -2.36. The van der Waals surface area contributed by atoms with Gasteiger partial charge in [-0.05, 0) is 36.1 Å². The molecule has 1 aliphatic heterocycles. The SMILES string of the molecule is O=C1CCCC2=C1C(c1ccc(OCc3ccccc3)cc1)c1c([nH]c(=O)[nH]c1=O)N2. The van der Waals surface area contributed by atoms with Crippen molar-refractivity contribution in [1.29, 1.82) is 0 Å². The number of H-pyrrole nitrogens is 2. The second-order valence-corrected chi connectivity index (χ2v) is 7.77. The number of ketones is 1. The van der Waals surface area contributed by atoms with E-state index in [1.807, 2.05) is 54.6 Å². The quantitative estimate of drug-likeness (QED) is 0.607. The topological polar surface area (TPSA) is 104 Å². The largest absolute Gasteiger partial charge is 0.489 e. The highest BCUT2D eigenvalue weighted by atomic mass is 16.5. The van der Waals surface area contributed by atoms with E-state index in [9.17, 15) is 14.4 Å². The number of nitrogens with one attached hydrogen (secondary N) is 3.